The number of methoxy groups -OCH3 is 2. The number of aromatic hydroxyl groups is 1. The van der Waals surface area contributed by atoms with Gasteiger partial charge in [0.2, 0.25) is 11.8 Å². The minimum absolute atomic E-state index is 0.102. The molecule has 0 saturated heterocycles. The van der Waals surface area contributed by atoms with E-state index in [-0.39, 0.29) is 23.6 Å². The lowest BCUT2D eigenvalue weighted by atomic mass is 9.98. The fourth-order valence-electron chi connectivity index (χ4n) is 4.40. The van der Waals surface area contributed by atoms with Gasteiger partial charge in [0, 0.05) is 18.9 Å². The maximum atomic E-state index is 12.9. The van der Waals surface area contributed by atoms with Gasteiger partial charge in [-0.25, -0.2) is 14.4 Å². The van der Waals surface area contributed by atoms with Crippen LogP contribution in [-0.4, -0.2) is 45.5 Å². The van der Waals surface area contributed by atoms with Crippen molar-refractivity contribution in [2.75, 3.05) is 14.2 Å². The second-order valence-electron chi connectivity index (χ2n) is 8.38. The Bertz CT molecular complexity index is 1450. The Morgan fingerprint density at radius 2 is 1.77 bits per heavy atom. The first kappa shape index (κ1) is 23.8. The highest BCUT2D eigenvalue weighted by Crippen LogP contribution is 2.39. The summed E-state index contributed by atoms with van der Waals surface area (Å²) in [7, 11) is 3.04. The maximum absolute atomic E-state index is 12.9. The van der Waals surface area contributed by atoms with Crippen LogP contribution in [0.3, 0.4) is 0 Å². The van der Waals surface area contributed by atoms with Crippen LogP contribution < -0.4 is 20.7 Å². The van der Waals surface area contributed by atoms with Gasteiger partial charge in [-0.15, -0.1) is 0 Å². The third kappa shape index (κ3) is 4.30. The lowest BCUT2D eigenvalue weighted by molar-refractivity contribution is -0.130. The molecule has 0 unspecified atom stereocenters. The van der Waals surface area contributed by atoms with Crippen molar-refractivity contribution in [3.05, 3.63) is 79.5 Å². The van der Waals surface area contributed by atoms with E-state index in [0.717, 1.165) is 15.7 Å². The number of hydrazone groups is 1. The zero-order valence-corrected chi connectivity index (χ0v) is 20.1. The van der Waals surface area contributed by atoms with Gasteiger partial charge in [-0.2, -0.15) is 5.10 Å². The van der Waals surface area contributed by atoms with Crippen LogP contribution in [0.4, 0.5) is 0 Å². The molecule has 3 aromatic rings. The van der Waals surface area contributed by atoms with Gasteiger partial charge in [-0.3, -0.25) is 14.6 Å². The van der Waals surface area contributed by atoms with Crippen molar-refractivity contribution < 1.29 is 19.4 Å². The van der Waals surface area contributed by atoms with Crippen molar-refractivity contribution in [3.8, 4) is 23.1 Å². The molecular formula is C25H26N4O6. The molecule has 0 spiro atoms. The topological polar surface area (TPSA) is 126 Å². The number of aromatic nitrogens is 2. The van der Waals surface area contributed by atoms with Crippen LogP contribution in [0.1, 0.15) is 41.6 Å². The number of ether oxygens (including phenoxy) is 2. The van der Waals surface area contributed by atoms with Crippen LogP contribution in [0.15, 0.2) is 51.1 Å². The minimum atomic E-state index is -0.798. The molecule has 1 aromatic heterocycles. The third-order valence-electron chi connectivity index (χ3n) is 5.87. The third-order valence-corrected chi connectivity index (χ3v) is 5.87. The molecule has 1 atom stereocenters. The van der Waals surface area contributed by atoms with Gasteiger partial charge in [-0.1, -0.05) is 6.07 Å². The summed E-state index contributed by atoms with van der Waals surface area (Å²) in [6, 6.07) is 9.93. The number of carbonyl (C=O) groups excluding carboxylic acids is 1. The zero-order valence-electron chi connectivity index (χ0n) is 20.1. The van der Waals surface area contributed by atoms with Crippen molar-refractivity contribution in [1.82, 2.24) is 14.6 Å². The molecule has 2 aromatic carbocycles. The lowest BCUT2D eigenvalue weighted by Gasteiger charge is -2.22. The second kappa shape index (κ2) is 9.13. The van der Waals surface area contributed by atoms with Gasteiger partial charge < -0.3 is 14.6 Å². The number of nitrogens with zero attached hydrogens (tertiary/aromatic N) is 3. The number of carbonyl (C=O) groups is 1. The Morgan fingerprint density at radius 3 is 2.37 bits per heavy atom. The Balaban J connectivity index is 1.87. The highest BCUT2D eigenvalue weighted by Gasteiger charge is 2.36. The summed E-state index contributed by atoms with van der Waals surface area (Å²) >= 11 is 0. The largest absolute Gasteiger partial charge is 0.497 e. The van der Waals surface area contributed by atoms with Crippen LogP contribution in [0.5, 0.6) is 17.4 Å². The molecule has 10 nitrogen and oxygen atoms in total. The molecule has 4 rings (SSSR count). The van der Waals surface area contributed by atoms with Gasteiger partial charge in [-0.05, 0) is 55.3 Å². The standard InChI is InChI=1S/C25H26N4O6/c1-13-8-14(2)10-16(9-13)28-24(32)22(23(31)26-25(28)33)19-12-20(29(27-19)15(3)30)18-11-17(34-4)6-7-21(18)35-5/h6-11,20,32H,12H2,1-5H3,(H,26,31,33)/t20-/m1/s1. The summed E-state index contributed by atoms with van der Waals surface area (Å²) in [4.78, 5) is 40.3. The molecule has 10 heteroatoms. The first-order valence-electron chi connectivity index (χ1n) is 10.9. The number of hydrogen-bond donors (Lipinski definition) is 2. The summed E-state index contributed by atoms with van der Waals surface area (Å²) in [6.45, 7) is 5.08. The number of amides is 1. The Morgan fingerprint density at radius 1 is 1.09 bits per heavy atom. The van der Waals surface area contributed by atoms with Crippen molar-refractivity contribution >= 4 is 11.6 Å². The molecule has 0 fully saturated rings. The van der Waals surface area contributed by atoms with Crippen molar-refractivity contribution in [3.63, 3.8) is 0 Å². The Labute approximate surface area is 201 Å². The van der Waals surface area contributed by atoms with E-state index in [2.05, 4.69) is 10.1 Å². The highest BCUT2D eigenvalue weighted by atomic mass is 16.5. The normalized spacial score (nSPS) is 15.2. The number of hydrogen-bond acceptors (Lipinski definition) is 7. The summed E-state index contributed by atoms with van der Waals surface area (Å²) < 4.78 is 11.8. The van der Waals surface area contributed by atoms with E-state index in [9.17, 15) is 19.5 Å². The van der Waals surface area contributed by atoms with Crippen LogP contribution >= 0.6 is 0 Å². The van der Waals surface area contributed by atoms with E-state index in [0.29, 0.717) is 22.7 Å². The minimum Gasteiger partial charge on any atom is -0.497 e. The van der Waals surface area contributed by atoms with E-state index in [4.69, 9.17) is 9.47 Å². The van der Waals surface area contributed by atoms with E-state index in [1.54, 1.807) is 30.3 Å². The van der Waals surface area contributed by atoms with Crippen LogP contribution in [0.2, 0.25) is 0 Å². The number of aromatic amines is 1. The van der Waals surface area contributed by atoms with Gasteiger partial charge in [0.25, 0.3) is 5.56 Å². The SMILES string of the molecule is COc1ccc(OC)c([C@H]2CC(c3c(O)n(-c4cc(C)cc(C)c4)c(=O)[nH]c3=O)=NN2C(C)=O)c1. The highest BCUT2D eigenvalue weighted by molar-refractivity contribution is 6.04. The van der Waals surface area contributed by atoms with Crippen molar-refractivity contribution in [2.24, 2.45) is 5.10 Å². The zero-order chi connectivity index (χ0) is 25.4. The number of aryl methyl sites for hydroxylation is 2. The Kier molecular flexibility index (Phi) is 6.21. The maximum Gasteiger partial charge on any atom is 0.335 e. The summed E-state index contributed by atoms with van der Waals surface area (Å²) in [5, 5.41) is 16.7. The van der Waals surface area contributed by atoms with Crippen molar-refractivity contribution in [1.29, 1.82) is 0 Å². The molecule has 0 bridgehead atoms. The van der Waals surface area contributed by atoms with Crippen LogP contribution in [0, 0.1) is 13.8 Å². The van der Waals surface area contributed by atoms with Crippen LogP contribution in [-0.2, 0) is 4.79 Å². The van der Waals surface area contributed by atoms with E-state index >= 15 is 0 Å². The smallest absolute Gasteiger partial charge is 0.335 e. The molecule has 0 aliphatic carbocycles. The molecule has 0 radical (unpaired) electrons. The van der Waals surface area contributed by atoms with Crippen molar-refractivity contribution in [2.45, 2.75) is 33.2 Å². The monoisotopic (exact) mass is 478 g/mol. The van der Waals surface area contributed by atoms with Gasteiger partial charge in [0.1, 0.15) is 17.1 Å². The van der Waals surface area contributed by atoms with E-state index in [1.165, 1.54) is 26.2 Å². The van der Waals surface area contributed by atoms with Gasteiger partial charge in [0.15, 0.2) is 0 Å². The lowest BCUT2D eigenvalue weighted by Crippen LogP contribution is -2.33. The van der Waals surface area contributed by atoms with E-state index < -0.39 is 23.2 Å². The first-order valence-corrected chi connectivity index (χ1v) is 10.9. The average Bonchev–Trinajstić information content (AvgIpc) is 3.22. The average molecular weight is 479 g/mol. The summed E-state index contributed by atoms with van der Waals surface area (Å²) in [6.07, 6.45) is 0.102. The number of rotatable bonds is 5. The second-order valence-corrected chi connectivity index (χ2v) is 8.38. The summed E-state index contributed by atoms with van der Waals surface area (Å²) in [5.41, 5.74) is 1.18. The number of nitrogens with one attached hydrogen (secondary N) is 1. The van der Waals surface area contributed by atoms with Gasteiger partial charge >= 0.3 is 5.69 Å². The molecule has 2 N–H and O–H groups in total. The molecule has 0 saturated carbocycles. The molecule has 1 amide bonds. The predicted octanol–water partition coefficient (Wildman–Crippen LogP) is 2.56. The fourth-order valence-corrected chi connectivity index (χ4v) is 4.40. The van der Waals surface area contributed by atoms with Gasteiger partial charge in [0.05, 0.1) is 31.7 Å². The fraction of sp³-hybridized carbons (Fsp3) is 0.280. The molecule has 2 heterocycles. The molecule has 182 valence electrons. The number of benzene rings is 2. The summed E-state index contributed by atoms with van der Waals surface area (Å²) in [5.74, 6) is 0.149. The molecular weight excluding hydrogens is 452 g/mol. The first-order chi connectivity index (χ1) is 16.6. The Hall–Kier alpha value is -4.34. The van der Waals surface area contributed by atoms with E-state index in [1.807, 2.05) is 19.9 Å². The molecule has 35 heavy (non-hydrogen) atoms. The number of H-pyrrole nitrogens is 1. The molecule has 1 aliphatic rings. The quantitative estimate of drug-likeness (QED) is 0.580. The van der Waals surface area contributed by atoms with Crippen LogP contribution in [0.25, 0.3) is 5.69 Å². The predicted molar refractivity (Wildman–Crippen MR) is 130 cm³/mol. The molecule has 1 aliphatic heterocycles.